The standard InChI is InChI=1S/C13H12Br2O3/c14-7-4-5-11(15)10(6-7)12(16)8-2-1-3-9(8)13(17)18/h4-6,8-9H,1-3H2,(H,17,18). The molecule has 3 nitrogen and oxygen atoms in total. The van der Waals surface area contributed by atoms with E-state index in [1.165, 1.54) is 0 Å². The number of carbonyl (C=O) groups is 2. The third-order valence-electron chi connectivity index (χ3n) is 3.36. The predicted octanol–water partition coefficient (Wildman–Crippen LogP) is 3.90. The van der Waals surface area contributed by atoms with Gasteiger partial charge in [0.25, 0.3) is 0 Å². The van der Waals surface area contributed by atoms with Crippen molar-refractivity contribution >= 4 is 43.6 Å². The fourth-order valence-electron chi connectivity index (χ4n) is 2.46. The van der Waals surface area contributed by atoms with E-state index in [0.717, 1.165) is 10.9 Å². The molecule has 1 saturated carbocycles. The number of aliphatic carboxylic acids is 1. The fourth-order valence-corrected chi connectivity index (χ4v) is 3.26. The molecular weight excluding hydrogens is 364 g/mol. The second-order valence-electron chi connectivity index (χ2n) is 4.47. The van der Waals surface area contributed by atoms with Crippen molar-refractivity contribution in [3.63, 3.8) is 0 Å². The van der Waals surface area contributed by atoms with Crippen molar-refractivity contribution in [2.75, 3.05) is 0 Å². The Morgan fingerprint density at radius 3 is 2.50 bits per heavy atom. The maximum absolute atomic E-state index is 12.4. The van der Waals surface area contributed by atoms with Crippen molar-refractivity contribution in [2.24, 2.45) is 11.8 Å². The van der Waals surface area contributed by atoms with Crippen LogP contribution in [0.5, 0.6) is 0 Å². The van der Waals surface area contributed by atoms with Gasteiger partial charge in [-0.25, -0.2) is 0 Å². The van der Waals surface area contributed by atoms with Gasteiger partial charge in [-0.15, -0.1) is 0 Å². The summed E-state index contributed by atoms with van der Waals surface area (Å²) in [6, 6.07) is 5.37. The number of benzene rings is 1. The van der Waals surface area contributed by atoms with E-state index in [-0.39, 0.29) is 5.78 Å². The summed E-state index contributed by atoms with van der Waals surface area (Å²) in [6.07, 6.45) is 2.06. The van der Waals surface area contributed by atoms with Gasteiger partial charge in [0.05, 0.1) is 5.92 Å². The van der Waals surface area contributed by atoms with Crippen molar-refractivity contribution in [3.05, 3.63) is 32.7 Å². The van der Waals surface area contributed by atoms with Crippen LogP contribution in [0.2, 0.25) is 0 Å². The molecule has 96 valence electrons. The Kier molecular flexibility index (Phi) is 4.22. The first kappa shape index (κ1) is 13.7. The summed E-state index contributed by atoms with van der Waals surface area (Å²) in [5.41, 5.74) is 0.558. The van der Waals surface area contributed by atoms with Crippen molar-refractivity contribution in [1.29, 1.82) is 0 Å². The number of halogens is 2. The largest absolute Gasteiger partial charge is 0.481 e. The first-order valence-electron chi connectivity index (χ1n) is 5.73. The van der Waals surface area contributed by atoms with E-state index in [9.17, 15) is 9.59 Å². The second kappa shape index (κ2) is 5.53. The van der Waals surface area contributed by atoms with Crippen LogP contribution in [-0.2, 0) is 4.79 Å². The topological polar surface area (TPSA) is 54.4 Å². The smallest absolute Gasteiger partial charge is 0.307 e. The van der Waals surface area contributed by atoms with Crippen LogP contribution in [0.1, 0.15) is 29.6 Å². The summed E-state index contributed by atoms with van der Waals surface area (Å²) in [7, 11) is 0. The average Bonchev–Trinajstić information content (AvgIpc) is 2.80. The maximum Gasteiger partial charge on any atom is 0.307 e. The fraction of sp³-hybridized carbons (Fsp3) is 0.385. The minimum atomic E-state index is -0.864. The molecule has 0 aromatic heterocycles. The predicted molar refractivity (Wildman–Crippen MR) is 74.6 cm³/mol. The lowest BCUT2D eigenvalue weighted by Gasteiger charge is -2.15. The summed E-state index contributed by atoms with van der Waals surface area (Å²) in [5, 5.41) is 9.13. The molecule has 1 N–H and O–H groups in total. The van der Waals surface area contributed by atoms with E-state index in [4.69, 9.17) is 5.11 Å². The summed E-state index contributed by atoms with van der Waals surface area (Å²) in [6.45, 7) is 0. The number of ketones is 1. The molecular formula is C13H12Br2O3. The minimum Gasteiger partial charge on any atom is -0.481 e. The van der Waals surface area contributed by atoms with Crippen LogP contribution in [0.15, 0.2) is 27.1 Å². The molecule has 2 rings (SSSR count). The highest BCUT2D eigenvalue weighted by atomic mass is 79.9. The highest BCUT2D eigenvalue weighted by Crippen LogP contribution is 2.36. The minimum absolute atomic E-state index is 0.0759. The van der Waals surface area contributed by atoms with Gasteiger partial charge in [0.15, 0.2) is 5.78 Å². The molecule has 18 heavy (non-hydrogen) atoms. The van der Waals surface area contributed by atoms with Gasteiger partial charge in [0, 0.05) is 20.4 Å². The van der Waals surface area contributed by atoms with Crippen molar-refractivity contribution in [1.82, 2.24) is 0 Å². The molecule has 2 atom stereocenters. The zero-order valence-corrected chi connectivity index (χ0v) is 12.7. The van der Waals surface area contributed by atoms with Crippen LogP contribution in [0.4, 0.5) is 0 Å². The lowest BCUT2D eigenvalue weighted by Crippen LogP contribution is -2.25. The van der Waals surface area contributed by atoms with Gasteiger partial charge < -0.3 is 5.11 Å². The second-order valence-corrected chi connectivity index (χ2v) is 6.24. The van der Waals surface area contributed by atoms with E-state index >= 15 is 0 Å². The van der Waals surface area contributed by atoms with E-state index in [1.807, 2.05) is 6.07 Å². The third kappa shape index (κ3) is 2.67. The van der Waals surface area contributed by atoms with E-state index < -0.39 is 17.8 Å². The number of hydrogen-bond acceptors (Lipinski definition) is 2. The highest BCUT2D eigenvalue weighted by molar-refractivity contribution is 9.11. The van der Waals surface area contributed by atoms with Crippen LogP contribution < -0.4 is 0 Å². The summed E-state index contributed by atoms with van der Waals surface area (Å²) >= 11 is 6.67. The first-order valence-corrected chi connectivity index (χ1v) is 7.31. The summed E-state index contributed by atoms with van der Waals surface area (Å²) in [4.78, 5) is 23.5. The molecule has 0 saturated heterocycles. The average molecular weight is 376 g/mol. The Balaban J connectivity index is 2.31. The third-order valence-corrected chi connectivity index (χ3v) is 4.55. The van der Waals surface area contributed by atoms with E-state index in [1.54, 1.807) is 12.1 Å². The number of carboxylic acid groups (broad SMARTS) is 1. The van der Waals surface area contributed by atoms with Crippen LogP contribution in [0.25, 0.3) is 0 Å². The number of Topliss-reactive ketones (excluding diaryl/α,β-unsaturated/α-hetero) is 1. The first-order chi connectivity index (χ1) is 8.50. The van der Waals surface area contributed by atoms with Gasteiger partial charge >= 0.3 is 5.97 Å². The van der Waals surface area contributed by atoms with Crippen LogP contribution >= 0.6 is 31.9 Å². The van der Waals surface area contributed by atoms with Gasteiger partial charge in [-0.3, -0.25) is 9.59 Å². The Bertz CT molecular complexity index is 499. The Labute approximate surface area is 122 Å². The molecule has 0 radical (unpaired) electrons. The van der Waals surface area contributed by atoms with Crippen LogP contribution in [0.3, 0.4) is 0 Å². The highest BCUT2D eigenvalue weighted by Gasteiger charge is 2.38. The molecule has 1 aliphatic carbocycles. The Morgan fingerprint density at radius 1 is 1.17 bits per heavy atom. The number of carboxylic acids is 1. The molecule has 1 aromatic carbocycles. The number of hydrogen-bond donors (Lipinski definition) is 1. The molecule has 2 unspecified atom stereocenters. The lowest BCUT2D eigenvalue weighted by atomic mass is 9.88. The van der Waals surface area contributed by atoms with Crippen LogP contribution in [0, 0.1) is 11.8 Å². The molecule has 0 heterocycles. The zero-order chi connectivity index (χ0) is 13.3. The quantitative estimate of drug-likeness (QED) is 0.815. The number of rotatable bonds is 3. The Morgan fingerprint density at radius 2 is 1.83 bits per heavy atom. The molecule has 0 amide bonds. The van der Waals surface area contributed by atoms with Gasteiger partial charge in [0.2, 0.25) is 0 Å². The molecule has 1 fully saturated rings. The van der Waals surface area contributed by atoms with E-state index in [2.05, 4.69) is 31.9 Å². The monoisotopic (exact) mass is 374 g/mol. The van der Waals surface area contributed by atoms with Crippen molar-refractivity contribution < 1.29 is 14.7 Å². The van der Waals surface area contributed by atoms with E-state index in [0.29, 0.717) is 22.9 Å². The Hall–Kier alpha value is -0.680. The van der Waals surface area contributed by atoms with Crippen LogP contribution in [-0.4, -0.2) is 16.9 Å². The summed E-state index contributed by atoms with van der Waals surface area (Å²) < 4.78 is 1.53. The van der Waals surface area contributed by atoms with Crippen molar-refractivity contribution in [2.45, 2.75) is 19.3 Å². The molecule has 0 aliphatic heterocycles. The van der Waals surface area contributed by atoms with Gasteiger partial charge in [-0.1, -0.05) is 38.3 Å². The van der Waals surface area contributed by atoms with Gasteiger partial charge in [0.1, 0.15) is 0 Å². The van der Waals surface area contributed by atoms with Gasteiger partial charge in [-0.05, 0) is 31.0 Å². The SMILES string of the molecule is O=C(O)C1CCCC1C(=O)c1cc(Br)ccc1Br. The number of carbonyl (C=O) groups excluding carboxylic acids is 1. The zero-order valence-electron chi connectivity index (χ0n) is 9.53. The normalized spacial score (nSPS) is 23.0. The maximum atomic E-state index is 12.4. The lowest BCUT2D eigenvalue weighted by molar-refractivity contribution is -0.142. The molecule has 1 aliphatic rings. The molecule has 1 aromatic rings. The summed E-state index contributed by atoms with van der Waals surface area (Å²) in [5.74, 6) is -1.87. The molecule has 5 heteroatoms. The van der Waals surface area contributed by atoms with Crippen molar-refractivity contribution in [3.8, 4) is 0 Å². The molecule has 0 spiro atoms. The van der Waals surface area contributed by atoms with Gasteiger partial charge in [-0.2, -0.15) is 0 Å². The molecule has 0 bridgehead atoms.